The fraction of sp³-hybridized carbons (Fsp3) is 0. The third-order valence-electron chi connectivity index (χ3n) is 2.73. The molecule has 0 saturated carbocycles. The first-order valence-corrected chi connectivity index (χ1v) is 6.28. The van der Waals surface area contributed by atoms with Gasteiger partial charge in [0.15, 0.2) is 0 Å². The smallest absolute Gasteiger partial charge is 0.265 e. The molecule has 0 aliphatic rings. The molecule has 1 aromatic heterocycles. The number of hydrogen-bond acceptors (Lipinski definition) is 4. The monoisotopic (exact) mass is 284 g/mol. The fourth-order valence-corrected chi connectivity index (χ4v) is 1.96. The SMILES string of the molecule is O=C(c1ccccc1Cl)n1nnc(-c2ccccc2)n1. The highest BCUT2D eigenvalue weighted by Crippen LogP contribution is 2.16. The maximum absolute atomic E-state index is 12.2. The van der Waals surface area contributed by atoms with Crippen molar-refractivity contribution in [1.29, 1.82) is 0 Å². The van der Waals surface area contributed by atoms with E-state index in [1.54, 1.807) is 24.3 Å². The first kappa shape index (κ1) is 12.5. The van der Waals surface area contributed by atoms with Crippen LogP contribution in [0.2, 0.25) is 5.02 Å². The maximum Gasteiger partial charge on any atom is 0.298 e. The Morgan fingerprint density at radius 3 is 2.45 bits per heavy atom. The minimum Gasteiger partial charge on any atom is -0.265 e. The lowest BCUT2D eigenvalue weighted by molar-refractivity contribution is 0.0925. The quantitative estimate of drug-likeness (QED) is 0.726. The average molecular weight is 285 g/mol. The minimum absolute atomic E-state index is 0.339. The summed E-state index contributed by atoms with van der Waals surface area (Å²) in [6.07, 6.45) is 0. The van der Waals surface area contributed by atoms with Gasteiger partial charge in [0.05, 0.1) is 10.6 Å². The topological polar surface area (TPSA) is 60.7 Å². The van der Waals surface area contributed by atoms with E-state index < -0.39 is 5.91 Å². The zero-order valence-electron chi connectivity index (χ0n) is 10.3. The van der Waals surface area contributed by atoms with Crippen molar-refractivity contribution >= 4 is 17.5 Å². The lowest BCUT2D eigenvalue weighted by Gasteiger charge is -2.00. The van der Waals surface area contributed by atoms with Gasteiger partial charge >= 0.3 is 0 Å². The number of nitrogens with zero attached hydrogens (tertiary/aromatic N) is 4. The molecule has 0 bridgehead atoms. The zero-order valence-corrected chi connectivity index (χ0v) is 11.0. The highest BCUT2D eigenvalue weighted by molar-refractivity contribution is 6.33. The molecule has 0 radical (unpaired) electrons. The van der Waals surface area contributed by atoms with Gasteiger partial charge in [0.25, 0.3) is 5.91 Å². The van der Waals surface area contributed by atoms with Crippen molar-refractivity contribution in [1.82, 2.24) is 20.2 Å². The molecule has 20 heavy (non-hydrogen) atoms. The molecule has 0 aliphatic heterocycles. The number of carbonyl (C=O) groups excluding carboxylic acids is 1. The molecule has 0 amide bonds. The lowest BCUT2D eigenvalue weighted by Crippen LogP contribution is -2.15. The molecule has 98 valence electrons. The van der Waals surface area contributed by atoms with Gasteiger partial charge in [-0.15, -0.1) is 10.2 Å². The predicted octanol–water partition coefficient (Wildman–Crippen LogP) is 2.68. The van der Waals surface area contributed by atoms with E-state index in [2.05, 4.69) is 15.4 Å². The molecular formula is C14H9ClN4O. The maximum atomic E-state index is 12.2. The molecule has 6 heteroatoms. The minimum atomic E-state index is -0.412. The molecular weight excluding hydrogens is 276 g/mol. The number of aromatic nitrogens is 4. The Hall–Kier alpha value is -2.53. The fourth-order valence-electron chi connectivity index (χ4n) is 1.75. The highest BCUT2D eigenvalue weighted by Gasteiger charge is 2.16. The Morgan fingerprint density at radius 1 is 1.00 bits per heavy atom. The van der Waals surface area contributed by atoms with Crippen LogP contribution >= 0.6 is 11.6 Å². The first-order valence-electron chi connectivity index (χ1n) is 5.90. The molecule has 1 heterocycles. The van der Waals surface area contributed by atoms with Crippen molar-refractivity contribution in [2.24, 2.45) is 0 Å². The Labute approximate surface area is 119 Å². The molecule has 0 spiro atoms. The van der Waals surface area contributed by atoms with Gasteiger partial charge in [-0.25, -0.2) is 0 Å². The van der Waals surface area contributed by atoms with Crippen molar-refractivity contribution in [3.05, 3.63) is 65.2 Å². The first-order chi connectivity index (χ1) is 9.75. The van der Waals surface area contributed by atoms with Gasteiger partial charge in [-0.05, 0) is 17.3 Å². The summed E-state index contributed by atoms with van der Waals surface area (Å²) in [5.74, 6) is -0.0173. The lowest BCUT2D eigenvalue weighted by atomic mass is 10.2. The molecule has 3 aromatic rings. The van der Waals surface area contributed by atoms with Crippen LogP contribution in [0.3, 0.4) is 0 Å². The number of carbonyl (C=O) groups is 1. The second-order valence-corrected chi connectivity index (χ2v) is 4.46. The van der Waals surface area contributed by atoms with Crippen LogP contribution in [0, 0.1) is 0 Å². The summed E-state index contributed by atoms with van der Waals surface area (Å²) < 4.78 is 0. The average Bonchev–Trinajstić information content (AvgIpc) is 2.98. The van der Waals surface area contributed by atoms with Gasteiger partial charge in [-0.3, -0.25) is 4.79 Å². The second-order valence-electron chi connectivity index (χ2n) is 4.05. The van der Waals surface area contributed by atoms with E-state index in [0.717, 1.165) is 10.4 Å². The summed E-state index contributed by atoms with van der Waals surface area (Å²) in [5, 5.41) is 12.1. The standard InChI is InChI=1S/C14H9ClN4O/c15-12-9-5-4-8-11(12)14(20)19-17-13(16-18-19)10-6-2-1-3-7-10/h1-9H. The van der Waals surface area contributed by atoms with E-state index in [1.165, 1.54) is 0 Å². The zero-order chi connectivity index (χ0) is 13.9. The second kappa shape index (κ2) is 5.22. The normalized spacial score (nSPS) is 10.4. The van der Waals surface area contributed by atoms with Crippen molar-refractivity contribution < 1.29 is 4.79 Å². The number of hydrogen-bond donors (Lipinski definition) is 0. The van der Waals surface area contributed by atoms with Crippen LogP contribution in [0.4, 0.5) is 0 Å². The van der Waals surface area contributed by atoms with E-state index >= 15 is 0 Å². The van der Waals surface area contributed by atoms with Gasteiger partial charge in [-0.1, -0.05) is 58.9 Å². The van der Waals surface area contributed by atoms with Gasteiger partial charge in [0, 0.05) is 5.56 Å². The third kappa shape index (κ3) is 2.31. The number of benzene rings is 2. The summed E-state index contributed by atoms with van der Waals surface area (Å²) in [6, 6.07) is 16.1. The van der Waals surface area contributed by atoms with Crippen LogP contribution in [0.5, 0.6) is 0 Å². The van der Waals surface area contributed by atoms with Crippen LogP contribution in [0.25, 0.3) is 11.4 Å². The van der Waals surface area contributed by atoms with Crippen LogP contribution in [0.15, 0.2) is 54.6 Å². The predicted molar refractivity (Wildman–Crippen MR) is 74.4 cm³/mol. The van der Waals surface area contributed by atoms with Crippen molar-refractivity contribution in [2.45, 2.75) is 0 Å². The van der Waals surface area contributed by atoms with Crippen LogP contribution in [0.1, 0.15) is 10.4 Å². The van der Waals surface area contributed by atoms with E-state index in [4.69, 9.17) is 11.6 Å². The van der Waals surface area contributed by atoms with E-state index in [-0.39, 0.29) is 0 Å². The summed E-state index contributed by atoms with van der Waals surface area (Å²) >= 11 is 5.98. The van der Waals surface area contributed by atoms with Gasteiger partial charge in [0.2, 0.25) is 5.82 Å². The Morgan fingerprint density at radius 2 is 1.70 bits per heavy atom. The van der Waals surface area contributed by atoms with Gasteiger partial charge in [0.1, 0.15) is 0 Å². The van der Waals surface area contributed by atoms with Crippen molar-refractivity contribution in [2.75, 3.05) is 0 Å². The summed E-state index contributed by atoms with van der Waals surface area (Å²) in [6.45, 7) is 0. The van der Waals surface area contributed by atoms with E-state index in [0.29, 0.717) is 16.4 Å². The summed E-state index contributed by atoms with van der Waals surface area (Å²) in [7, 11) is 0. The molecule has 0 N–H and O–H groups in total. The number of halogens is 1. The summed E-state index contributed by atoms with van der Waals surface area (Å²) in [4.78, 5) is 13.2. The highest BCUT2D eigenvalue weighted by atomic mass is 35.5. The molecule has 2 aromatic carbocycles. The molecule has 0 fully saturated rings. The summed E-state index contributed by atoms with van der Waals surface area (Å²) in [5.41, 5.74) is 1.14. The van der Waals surface area contributed by atoms with Crippen molar-refractivity contribution in [3.63, 3.8) is 0 Å². The third-order valence-corrected chi connectivity index (χ3v) is 3.06. The Kier molecular flexibility index (Phi) is 3.26. The molecule has 0 atom stereocenters. The molecule has 5 nitrogen and oxygen atoms in total. The van der Waals surface area contributed by atoms with Crippen molar-refractivity contribution in [3.8, 4) is 11.4 Å². The van der Waals surface area contributed by atoms with Crippen LogP contribution in [-0.4, -0.2) is 26.1 Å². The molecule has 0 aliphatic carbocycles. The van der Waals surface area contributed by atoms with E-state index in [9.17, 15) is 4.79 Å². The molecule has 3 rings (SSSR count). The number of rotatable bonds is 2. The Balaban J connectivity index is 1.95. The number of tetrazole rings is 1. The Bertz CT molecular complexity index is 755. The van der Waals surface area contributed by atoms with E-state index in [1.807, 2.05) is 30.3 Å². The van der Waals surface area contributed by atoms with Gasteiger partial charge < -0.3 is 0 Å². The largest absolute Gasteiger partial charge is 0.298 e. The van der Waals surface area contributed by atoms with Gasteiger partial charge in [-0.2, -0.15) is 0 Å². The van der Waals surface area contributed by atoms with Crippen LogP contribution < -0.4 is 0 Å². The molecule has 0 unspecified atom stereocenters. The molecule has 0 saturated heterocycles. The van der Waals surface area contributed by atoms with Crippen LogP contribution in [-0.2, 0) is 0 Å².